The third-order valence-corrected chi connectivity index (χ3v) is 3.37. The SMILES string of the molecule is CC(C)n1c(Sc2c(F)c(F)nc(F)c2F)n[nH]c1=O. The van der Waals surface area contributed by atoms with E-state index in [1.807, 2.05) is 0 Å². The molecule has 5 nitrogen and oxygen atoms in total. The molecule has 0 radical (unpaired) electrons. The molecule has 0 fully saturated rings. The van der Waals surface area contributed by atoms with Crippen LogP contribution in [0.5, 0.6) is 0 Å². The summed E-state index contributed by atoms with van der Waals surface area (Å²) in [5, 5.41) is 5.54. The maximum atomic E-state index is 13.5. The van der Waals surface area contributed by atoms with Crippen LogP contribution >= 0.6 is 11.8 Å². The van der Waals surface area contributed by atoms with Crippen LogP contribution in [0.25, 0.3) is 0 Å². The van der Waals surface area contributed by atoms with E-state index in [1.54, 1.807) is 13.8 Å². The highest BCUT2D eigenvalue weighted by atomic mass is 32.2. The first-order valence-electron chi connectivity index (χ1n) is 5.37. The van der Waals surface area contributed by atoms with E-state index in [0.29, 0.717) is 11.8 Å². The van der Waals surface area contributed by atoms with Crippen LogP contribution in [0, 0.1) is 23.5 Å². The van der Waals surface area contributed by atoms with E-state index in [2.05, 4.69) is 15.2 Å². The van der Waals surface area contributed by atoms with Crippen molar-refractivity contribution in [3.63, 3.8) is 0 Å². The second-order valence-corrected chi connectivity index (χ2v) is 5.01. The summed E-state index contributed by atoms with van der Waals surface area (Å²) in [6.07, 6.45) is 0. The molecule has 0 spiro atoms. The van der Waals surface area contributed by atoms with Crippen molar-refractivity contribution in [3.05, 3.63) is 34.0 Å². The second-order valence-electron chi connectivity index (χ2n) is 4.03. The molecule has 2 aromatic rings. The average molecular weight is 308 g/mol. The van der Waals surface area contributed by atoms with E-state index in [9.17, 15) is 22.4 Å². The molecule has 0 aliphatic carbocycles. The molecule has 108 valence electrons. The number of pyridine rings is 1. The predicted octanol–water partition coefficient (Wildman–Crippen LogP) is 2.25. The Morgan fingerprint density at radius 1 is 1.15 bits per heavy atom. The van der Waals surface area contributed by atoms with Gasteiger partial charge in [0.25, 0.3) is 11.9 Å². The highest BCUT2D eigenvalue weighted by molar-refractivity contribution is 7.99. The van der Waals surface area contributed by atoms with Crippen LogP contribution < -0.4 is 5.69 Å². The van der Waals surface area contributed by atoms with E-state index in [0.717, 1.165) is 4.57 Å². The van der Waals surface area contributed by atoms with Gasteiger partial charge in [-0.15, -0.1) is 5.10 Å². The summed E-state index contributed by atoms with van der Waals surface area (Å²) in [6.45, 7) is 3.28. The Balaban J connectivity index is 2.54. The largest absolute Gasteiger partial charge is 0.344 e. The van der Waals surface area contributed by atoms with E-state index in [4.69, 9.17) is 0 Å². The van der Waals surface area contributed by atoms with Gasteiger partial charge < -0.3 is 0 Å². The normalized spacial score (nSPS) is 11.3. The molecule has 2 aromatic heterocycles. The van der Waals surface area contributed by atoms with Crippen molar-refractivity contribution in [3.8, 4) is 0 Å². The molecular weight excluding hydrogens is 300 g/mol. The van der Waals surface area contributed by atoms with Crippen molar-refractivity contribution in [1.29, 1.82) is 0 Å². The van der Waals surface area contributed by atoms with Gasteiger partial charge in [-0.2, -0.15) is 13.8 Å². The Bertz CT molecular complexity index is 686. The summed E-state index contributed by atoms with van der Waals surface area (Å²) < 4.78 is 54.0. The zero-order valence-electron chi connectivity index (χ0n) is 10.2. The molecule has 0 bridgehead atoms. The first-order valence-corrected chi connectivity index (χ1v) is 6.19. The molecule has 0 aromatic carbocycles. The van der Waals surface area contributed by atoms with Crippen molar-refractivity contribution in [1.82, 2.24) is 19.7 Å². The molecule has 10 heteroatoms. The van der Waals surface area contributed by atoms with Gasteiger partial charge in [-0.1, -0.05) is 0 Å². The van der Waals surface area contributed by atoms with E-state index >= 15 is 0 Å². The first-order chi connectivity index (χ1) is 9.32. The van der Waals surface area contributed by atoms with Gasteiger partial charge in [-0.05, 0) is 25.6 Å². The first kappa shape index (κ1) is 14.6. The summed E-state index contributed by atoms with van der Waals surface area (Å²) in [4.78, 5) is 13.0. The van der Waals surface area contributed by atoms with Crippen LogP contribution in [0.3, 0.4) is 0 Å². The lowest BCUT2D eigenvalue weighted by Crippen LogP contribution is -2.19. The van der Waals surface area contributed by atoms with Gasteiger partial charge in [-0.25, -0.2) is 18.7 Å². The number of H-pyrrole nitrogens is 1. The lowest BCUT2D eigenvalue weighted by molar-refractivity contribution is 0.383. The highest BCUT2D eigenvalue weighted by Gasteiger charge is 2.24. The summed E-state index contributed by atoms with van der Waals surface area (Å²) in [6, 6.07) is -0.355. The predicted molar refractivity (Wildman–Crippen MR) is 61.4 cm³/mol. The van der Waals surface area contributed by atoms with Gasteiger partial charge in [0.1, 0.15) is 0 Å². The van der Waals surface area contributed by atoms with E-state index < -0.39 is 34.1 Å². The molecule has 0 unspecified atom stereocenters. The maximum absolute atomic E-state index is 13.5. The fraction of sp³-hybridized carbons (Fsp3) is 0.300. The Kier molecular flexibility index (Phi) is 3.84. The van der Waals surface area contributed by atoms with Crippen LogP contribution in [-0.4, -0.2) is 19.7 Å². The third kappa shape index (κ3) is 2.42. The van der Waals surface area contributed by atoms with Crippen LogP contribution in [0.4, 0.5) is 17.6 Å². The van der Waals surface area contributed by atoms with Crippen molar-refractivity contribution in [2.24, 2.45) is 0 Å². The van der Waals surface area contributed by atoms with Gasteiger partial charge in [-0.3, -0.25) is 4.57 Å². The van der Waals surface area contributed by atoms with Crippen LogP contribution in [-0.2, 0) is 0 Å². The smallest absolute Gasteiger partial charge is 0.267 e. The zero-order chi connectivity index (χ0) is 15.0. The van der Waals surface area contributed by atoms with Gasteiger partial charge in [0.2, 0.25) is 0 Å². The quantitative estimate of drug-likeness (QED) is 0.698. The number of hydrogen-bond donors (Lipinski definition) is 1. The van der Waals surface area contributed by atoms with Gasteiger partial charge in [0, 0.05) is 6.04 Å². The summed E-state index contributed by atoms with van der Waals surface area (Å²) in [5.74, 6) is -6.81. The van der Waals surface area contributed by atoms with Crippen molar-refractivity contribution >= 4 is 11.8 Å². The number of halogens is 4. The standard InChI is InChI=1S/C10H8F4N4OS/c1-3(2)18-9(19)16-17-10(18)20-6-4(11)7(13)15-8(14)5(6)12/h3H,1-2H3,(H,16,19). The molecule has 0 amide bonds. The molecule has 0 aliphatic rings. The number of rotatable bonds is 3. The van der Waals surface area contributed by atoms with Gasteiger partial charge in [0.05, 0.1) is 4.90 Å². The summed E-state index contributed by atoms with van der Waals surface area (Å²) >= 11 is 0.296. The van der Waals surface area contributed by atoms with Crippen molar-refractivity contribution in [2.75, 3.05) is 0 Å². The minimum absolute atomic E-state index is 0.118. The number of hydrogen-bond acceptors (Lipinski definition) is 4. The number of aromatic nitrogens is 4. The van der Waals surface area contributed by atoms with Gasteiger partial charge >= 0.3 is 5.69 Å². The molecule has 0 saturated heterocycles. The summed E-state index contributed by atoms with van der Waals surface area (Å²) in [5.41, 5.74) is -0.599. The Hall–Kier alpha value is -1.84. The van der Waals surface area contributed by atoms with Crippen LogP contribution in [0.1, 0.15) is 19.9 Å². The fourth-order valence-corrected chi connectivity index (χ4v) is 2.48. The number of aromatic amines is 1. The minimum atomic E-state index is -1.76. The Morgan fingerprint density at radius 3 is 2.20 bits per heavy atom. The van der Waals surface area contributed by atoms with Crippen LogP contribution in [0.15, 0.2) is 14.8 Å². The maximum Gasteiger partial charge on any atom is 0.344 e. The molecule has 2 rings (SSSR count). The molecule has 0 saturated carbocycles. The molecule has 20 heavy (non-hydrogen) atoms. The molecule has 0 atom stereocenters. The van der Waals surface area contributed by atoms with Crippen molar-refractivity contribution < 1.29 is 17.6 Å². The highest BCUT2D eigenvalue weighted by Crippen LogP contribution is 2.32. The second kappa shape index (κ2) is 5.27. The minimum Gasteiger partial charge on any atom is -0.267 e. The molecular formula is C10H8F4N4OS. The average Bonchev–Trinajstić information content (AvgIpc) is 2.73. The number of nitrogens with one attached hydrogen (secondary N) is 1. The summed E-state index contributed by atoms with van der Waals surface area (Å²) in [7, 11) is 0. The zero-order valence-corrected chi connectivity index (χ0v) is 11.1. The van der Waals surface area contributed by atoms with E-state index in [-0.39, 0.29) is 11.2 Å². The third-order valence-electron chi connectivity index (χ3n) is 2.34. The lowest BCUT2D eigenvalue weighted by Gasteiger charge is -2.09. The molecule has 0 aliphatic heterocycles. The molecule has 2 heterocycles. The Morgan fingerprint density at radius 2 is 1.70 bits per heavy atom. The van der Waals surface area contributed by atoms with Crippen molar-refractivity contribution in [2.45, 2.75) is 29.9 Å². The Labute approximate surface area is 114 Å². The van der Waals surface area contributed by atoms with Gasteiger partial charge in [0.15, 0.2) is 16.8 Å². The fourth-order valence-electron chi connectivity index (χ4n) is 1.47. The topological polar surface area (TPSA) is 63.6 Å². The lowest BCUT2D eigenvalue weighted by atomic mass is 10.4. The van der Waals surface area contributed by atoms with E-state index in [1.165, 1.54) is 0 Å². The number of nitrogens with zero attached hydrogens (tertiary/aromatic N) is 3. The van der Waals surface area contributed by atoms with Crippen LogP contribution in [0.2, 0.25) is 0 Å². The monoisotopic (exact) mass is 308 g/mol. The molecule has 1 N–H and O–H groups in total.